The third-order valence-electron chi connectivity index (χ3n) is 6.89. The summed E-state index contributed by atoms with van der Waals surface area (Å²) in [6.45, 7) is 1.08. The highest BCUT2D eigenvalue weighted by Crippen LogP contribution is 2.38. The molecule has 1 aliphatic heterocycles. The number of nitrogens with one attached hydrogen (secondary N) is 1. The Morgan fingerprint density at radius 1 is 0.771 bits per heavy atom. The molecule has 0 spiro atoms. The van der Waals surface area contributed by atoms with Crippen LogP contribution in [0.15, 0.2) is 66.7 Å². The minimum absolute atomic E-state index is 0.535. The largest absolute Gasteiger partial charge is 0.493 e. The smallest absolute Gasteiger partial charge is 0.169 e. The molecule has 1 aliphatic rings. The van der Waals surface area contributed by atoms with Crippen molar-refractivity contribution in [3.8, 4) is 23.0 Å². The molecule has 0 amide bonds. The zero-order valence-electron chi connectivity index (χ0n) is 21.2. The number of aryl methyl sites for hydroxylation is 3. The Morgan fingerprint density at radius 3 is 2.14 bits per heavy atom. The van der Waals surface area contributed by atoms with Gasteiger partial charge in [-0.3, -0.25) is 0 Å². The molecule has 4 rings (SSSR count). The van der Waals surface area contributed by atoms with Gasteiger partial charge in [0.15, 0.2) is 23.0 Å². The average Bonchev–Trinajstić information content (AvgIpc) is 2.89. The number of hydrogen-bond donors (Lipinski definition) is 1. The Bertz CT molecular complexity index is 1050. The van der Waals surface area contributed by atoms with Crippen molar-refractivity contribution in [1.82, 2.24) is 5.32 Å². The Morgan fingerprint density at radius 2 is 1.46 bits per heavy atom. The quantitative estimate of drug-likeness (QED) is 0.353. The van der Waals surface area contributed by atoms with Crippen molar-refractivity contribution in [2.24, 2.45) is 0 Å². The standard InChI is InChI=1S/C31H39NO3/c1-33-28-19-16-25-13-6-7-14-27(32-21-9-8-12-24-10-4-3-5-11-24)18-15-26-17-20-29(34-2)31(23-26)35-30(28)22-25/h3-5,10-11,16-17,19-20,22-23,27,32H,6-9,12-15,18,21H2,1-2H3. The van der Waals surface area contributed by atoms with Gasteiger partial charge in [-0.1, -0.05) is 48.9 Å². The molecule has 3 aromatic carbocycles. The fraction of sp³-hybridized carbons (Fsp3) is 0.419. The lowest BCUT2D eigenvalue weighted by Crippen LogP contribution is -2.30. The number of rotatable bonds is 8. The fourth-order valence-corrected chi connectivity index (χ4v) is 4.85. The van der Waals surface area contributed by atoms with Gasteiger partial charge >= 0.3 is 0 Å². The van der Waals surface area contributed by atoms with Gasteiger partial charge in [0.25, 0.3) is 0 Å². The maximum absolute atomic E-state index is 6.34. The lowest BCUT2D eigenvalue weighted by atomic mass is 9.98. The molecular weight excluding hydrogens is 434 g/mol. The van der Waals surface area contributed by atoms with Crippen molar-refractivity contribution in [2.45, 2.75) is 63.8 Å². The van der Waals surface area contributed by atoms with Crippen LogP contribution in [0.1, 0.15) is 55.2 Å². The minimum atomic E-state index is 0.535. The predicted octanol–water partition coefficient (Wildman–Crippen LogP) is 7.14. The molecule has 1 unspecified atom stereocenters. The van der Waals surface area contributed by atoms with Crippen LogP contribution in [0.5, 0.6) is 23.0 Å². The van der Waals surface area contributed by atoms with E-state index < -0.39 is 0 Å². The topological polar surface area (TPSA) is 39.7 Å². The highest BCUT2D eigenvalue weighted by atomic mass is 16.5. The normalized spacial score (nSPS) is 16.1. The highest BCUT2D eigenvalue weighted by Gasteiger charge is 2.15. The number of ether oxygens (including phenoxy) is 3. The number of methoxy groups -OCH3 is 2. The van der Waals surface area contributed by atoms with Gasteiger partial charge in [0.1, 0.15) is 0 Å². The van der Waals surface area contributed by atoms with Crippen molar-refractivity contribution in [2.75, 3.05) is 20.8 Å². The number of unbranched alkanes of at least 4 members (excludes halogenated alkanes) is 1. The van der Waals surface area contributed by atoms with Gasteiger partial charge in [-0.25, -0.2) is 0 Å². The first-order valence-corrected chi connectivity index (χ1v) is 13.0. The molecule has 0 radical (unpaired) electrons. The van der Waals surface area contributed by atoms with E-state index >= 15 is 0 Å². The van der Waals surface area contributed by atoms with Crippen LogP contribution >= 0.6 is 0 Å². The second-order valence-electron chi connectivity index (χ2n) is 9.45. The van der Waals surface area contributed by atoms with Crippen LogP contribution < -0.4 is 19.5 Å². The van der Waals surface area contributed by atoms with Crippen molar-refractivity contribution >= 4 is 0 Å². The third-order valence-corrected chi connectivity index (χ3v) is 6.89. The van der Waals surface area contributed by atoms with Crippen LogP contribution in [0.4, 0.5) is 0 Å². The predicted molar refractivity (Wildman–Crippen MR) is 143 cm³/mol. The Labute approximate surface area is 210 Å². The molecule has 0 saturated carbocycles. The maximum Gasteiger partial charge on any atom is 0.169 e. The second-order valence-corrected chi connectivity index (χ2v) is 9.45. The van der Waals surface area contributed by atoms with Crippen LogP contribution in [0.25, 0.3) is 0 Å². The van der Waals surface area contributed by atoms with Gasteiger partial charge in [-0.15, -0.1) is 0 Å². The van der Waals surface area contributed by atoms with Crippen LogP contribution in [0.3, 0.4) is 0 Å². The second kappa shape index (κ2) is 13.2. The van der Waals surface area contributed by atoms with Gasteiger partial charge in [0.2, 0.25) is 0 Å². The lowest BCUT2D eigenvalue weighted by Gasteiger charge is -2.20. The molecule has 4 nitrogen and oxygen atoms in total. The third kappa shape index (κ3) is 7.50. The SMILES string of the molecule is COc1ccc2cc1Oc1cc(ccc1OC)CCC(NCCCCc1ccccc1)CCCC2. The molecule has 186 valence electrons. The molecular formula is C31H39NO3. The van der Waals surface area contributed by atoms with Gasteiger partial charge in [0.05, 0.1) is 14.2 Å². The van der Waals surface area contributed by atoms with E-state index in [2.05, 4.69) is 59.9 Å². The zero-order chi connectivity index (χ0) is 24.3. The summed E-state index contributed by atoms with van der Waals surface area (Å²) in [5.41, 5.74) is 3.98. The summed E-state index contributed by atoms with van der Waals surface area (Å²) in [4.78, 5) is 0. The van der Waals surface area contributed by atoms with Gasteiger partial charge in [0, 0.05) is 6.04 Å². The Balaban J connectivity index is 1.41. The van der Waals surface area contributed by atoms with Gasteiger partial charge < -0.3 is 19.5 Å². The molecule has 4 bridgehead atoms. The summed E-state index contributed by atoms with van der Waals surface area (Å²) in [6, 6.07) is 23.9. The summed E-state index contributed by atoms with van der Waals surface area (Å²) in [5.74, 6) is 2.96. The molecule has 0 aliphatic carbocycles. The summed E-state index contributed by atoms with van der Waals surface area (Å²) in [7, 11) is 3.37. The van der Waals surface area contributed by atoms with E-state index in [4.69, 9.17) is 14.2 Å². The molecule has 3 aromatic rings. The first-order valence-electron chi connectivity index (χ1n) is 13.0. The Hall–Kier alpha value is -2.98. The van der Waals surface area contributed by atoms with E-state index in [0.29, 0.717) is 6.04 Å². The summed E-state index contributed by atoms with van der Waals surface area (Å²) < 4.78 is 17.5. The summed E-state index contributed by atoms with van der Waals surface area (Å²) in [5, 5.41) is 3.87. The van der Waals surface area contributed by atoms with E-state index in [0.717, 1.165) is 55.2 Å². The van der Waals surface area contributed by atoms with Crippen molar-refractivity contribution in [1.29, 1.82) is 0 Å². The number of fused-ring (bicyclic) bond motifs is 4. The zero-order valence-corrected chi connectivity index (χ0v) is 21.2. The molecule has 1 N–H and O–H groups in total. The lowest BCUT2D eigenvalue weighted by molar-refractivity contribution is 0.355. The summed E-state index contributed by atoms with van der Waals surface area (Å²) >= 11 is 0. The van der Waals surface area contributed by atoms with E-state index in [9.17, 15) is 0 Å². The van der Waals surface area contributed by atoms with Crippen molar-refractivity contribution in [3.63, 3.8) is 0 Å². The molecule has 0 saturated heterocycles. The molecule has 35 heavy (non-hydrogen) atoms. The average molecular weight is 474 g/mol. The monoisotopic (exact) mass is 473 g/mol. The maximum atomic E-state index is 6.34. The Kier molecular flexibility index (Phi) is 9.47. The minimum Gasteiger partial charge on any atom is -0.493 e. The molecule has 1 heterocycles. The molecule has 0 fully saturated rings. The van der Waals surface area contributed by atoms with E-state index in [-0.39, 0.29) is 0 Å². The van der Waals surface area contributed by atoms with Gasteiger partial charge in [-0.2, -0.15) is 0 Å². The molecule has 1 atom stereocenters. The fourth-order valence-electron chi connectivity index (χ4n) is 4.85. The van der Waals surface area contributed by atoms with E-state index in [1.165, 1.54) is 48.8 Å². The molecule has 4 heteroatoms. The first kappa shape index (κ1) is 25.1. The van der Waals surface area contributed by atoms with Crippen LogP contribution in [-0.4, -0.2) is 26.8 Å². The first-order chi connectivity index (χ1) is 17.2. The van der Waals surface area contributed by atoms with Crippen LogP contribution in [0, 0.1) is 0 Å². The van der Waals surface area contributed by atoms with Crippen molar-refractivity contribution in [3.05, 3.63) is 83.4 Å². The highest BCUT2D eigenvalue weighted by molar-refractivity contribution is 5.50. The number of hydrogen-bond acceptors (Lipinski definition) is 4. The number of benzene rings is 3. The van der Waals surface area contributed by atoms with Crippen LogP contribution in [0.2, 0.25) is 0 Å². The van der Waals surface area contributed by atoms with E-state index in [1.807, 2.05) is 12.1 Å². The van der Waals surface area contributed by atoms with Crippen molar-refractivity contribution < 1.29 is 14.2 Å². The van der Waals surface area contributed by atoms with Crippen LogP contribution in [-0.2, 0) is 19.3 Å². The molecule has 0 aromatic heterocycles. The van der Waals surface area contributed by atoms with E-state index in [1.54, 1.807) is 14.2 Å². The summed E-state index contributed by atoms with van der Waals surface area (Å²) in [6.07, 6.45) is 10.4. The van der Waals surface area contributed by atoms with Gasteiger partial charge in [-0.05, 0) is 98.9 Å².